The second-order valence-electron chi connectivity index (χ2n) is 5.45. The van der Waals surface area contributed by atoms with Gasteiger partial charge >= 0.3 is 6.18 Å². The normalized spacial score (nSPS) is 12.7. The first-order chi connectivity index (χ1) is 11.6. The molecule has 25 heavy (non-hydrogen) atoms. The number of alkyl halides is 3. The van der Waals surface area contributed by atoms with E-state index in [-0.39, 0.29) is 22.0 Å². The third-order valence-electron chi connectivity index (χ3n) is 3.90. The predicted octanol–water partition coefficient (Wildman–Crippen LogP) is 3.45. The maximum absolute atomic E-state index is 12.8. The maximum atomic E-state index is 12.8. The monoisotopic (exact) mass is 369 g/mol. The number of fused-ring (bicyclic) bond motifs is 1. The molecule has 0 aliphatic rings. The van der Waals surface area contributed by atoms with Crippen LogP contribution in [-0.4, -0.2) is 28.7 Å². The van der Waals surface area contributed by atoms with Crippen molar-refractivity contribution in [2.45, 2.75) is 18.0 Å². The van der Waals surface area contributed by atoms with E-state index in [0.29, 0.717) is 11.1 Å². The van der Waals surface area contributed by atoms with Gasteiger partial charge in [0, 0.05) is 12.6 Å². The topological polar surface area (TPSA) is 64.8 Å². The Morgan fingerprint density at radius 2 is 1.88 bits per heavy atom. The van der Waals surface area contributed by atoms with Crippen LogP contribution in [-0.2, 0) is 23.1 Å². The van der Waals surface area contributed by atoms with Gasteiger partial charge in [-0.25, -0.2) is 18.4 Å². The average Bonchev–Trinajstić information content (AvgIpc) is 2.90. The number of benzene rings is 1. The van der Waals surface area contributed by atoms with Crippen molar-refractivity contribution in [3.05, 3.63) is 42.2 Å². The number of sulfone groups is 1. The van der Waals surface area contributed by atoms with Crippen LogP contribution in [0.4, 0.5) is 13.2 Å². The first kappa shape index (κ1) is 17.4. The summed E-state index contributed by atoms with van der Waals surface area (Å²) in [5.41, 5.74) is -0.217. The molecule has 2 heterocycles. The molecule has 3 aromatic rings. The smallest absolute Gasteiger partial charge is 0.326 e. The van der Waals surface area contributed by atoms with Crippen molar-refractivity contribution in [3.63, 3.8) is 0 Å². The standard InChI is InChI=1S/C16H14F3N3O2S/c1-3-25(23,24)13-7-5-4-6-10(13)15-21-11-8-14(16(17,18)19)20-9-12(11)22(15)2/h4-9H,3H2,1-2H3. The highest BCUT2D eigenvalue weighted by molar-refractivity contribution is 7.91. The van der Waals surface area contributed by atoms with Crippen molar-refractivity contribution >= 4 is 20.9 Å². The Hall–Kier alpha value is -2.42. The fraction of sp³-hybridized carbons (Fsp3) is 0.250. The van der Waals surface area contributed by atoms with E-state index in [1.54, 1.807) is 25.2 Å². The third-order valence-corrected chi connectivity index (χ3v) is 5.69. The van der Waals surface area contributed by atoms with Crippen molar-refractivity contribution in [2.75, 3.05) is 5.75 Å². The Morgan fingerprint density at radius 1 is 1.20 bits per heavy atom. The summed E-state index contributed by atoms with van der Waals surface area (Å²) in [5.74, 6) is 0.178. The highest BCUT2D eigenvalue weighted by atomic mass is 32.2. The van der Waals surface area contributed by atoms with Crippen LogP contribution in [0.2, 0.25) is 0 Å². The third kappa shape index (κ3) is 2.99. The first-order valence-electron chi connectivity index (χ1n) is 7.37. The van der Waals surface area contributed by atoms with Gasteiger partial charge in [0.05, 0.1) is 27.9 Å². The molecule has 0 saturated heterocycles. The Bertz CT molecular complexity index is 1060. The molecular weight excluding hydrogens is 355 g/mol. The van der Waals surface area contributed by atoms with Crippen LogP contribution in [0.1, 0.15) is 12.6 Å². The molecule has 0 aliphatic heterocycles. The van der Waals surface area contributed by atoms with Gasteiger partial charge in [-0.05, 0) is 18.2 Å². The summed E-state index contributed by atoms with van der Waals surface area (Å²) in [4.78, 5) is 7.75. The minimum Gasteiger partial charge on any atom is -0.326 e. The molecule has 0 radical (unpaired) electrons. The molecule has 132 valence electrons. The summed E-state index contributed by atoms with van der Waals surface area (Å²) in [7, 11) is -1.91. The van der Waals surface area contributed by atoms with E-state index in [4.69, 9.17) is 0 Å². The van der Waals surface area contributed by atoms with Crippen LogP contribution in [0, 0.1) is 0 Å². The highest BCUT2D eigenvalue weighted by Crippen LogP contribution is 2.32. The van der Waals surface area contributed by atoms with Crippen molar-refractivity contribution < 1.29 is 21.6 Å². The zero-order valence-corrected chi connectivity index (χ0v) is 14.2. The van der Waals surface area contributed by atoms with Gasteiger partial charge in [0.1, 0.15) is 11.5 Å². The van der Waals surface area contributed by atoms with Gasteiger partial charge in [-0.2, -0.15) is 13.2 Å². The van der Waals surface area contributed by atoms with Gasteiger partial charge in [-0.15, -0.1) is 0 Å². The van der Waals surface area contributed by atoms with E-state index < -0.39 is 21.7 Å². The number of aromatic nitrogens is 3. The highest BCUT2D eigenvalue weighted by Gasteiger charge is 2.33. The van der Waals surface area contributed by atoms with Gasteiger partial charge in [-0.1, -0.05) is 19.1 Å². The molecule has 0 unspecified atom stereocenters. The molecule has 0 saturated carbocycles. The average molecular weight is 369 g/mol. The lowest BCUT2D eigenvalue weighted by atomic mass is 10.2. The molecule has 0 bridgehead atoms. The van der Waals surface area contributed by atoms with E-state index >= 15 is 0 Å². The molecule has 0 N–H and O–H groups in total. The Morgan fingerprint density at radius 3 is 2.52 bits per heavy atom. The van der Waals surface area contributed by atoms with Gasteiger partial charge in [0.25, 0.3) is 0 Å². The zero-order valence-electron chi connectivity index (χ0n) is 13.4. The van der Waals surface area contributed by atoms with Crippen molar-refractivity contribution in [1.82, 2.24) is 14.5 Å². The van der Waals surface area contributed by atoms with E-state index in [1.165, 1.54) is 17.6 Å². The Labute approximate surface area is 142 Å². The summed E-state index contributed by atoms with van der Waals surface area (Å²) >= 11 is 0. The second-order valence-corrected chi connectivity index (χ2v) is 7.70. The van der Waals surface area contributed by atoms with Crippen molar-refractivity contribution in [3.8, 4) is 11.4 Å². The SMILES string of the molecule is CCS(=O)(=O)c1ccccc1-c1nc2cc(C(F)(F)F)ncc2n1C. The van der Waals surface area contributed by atoms with Crippen LogP contribution in [0.5, 0.6) is 0 Å². The maximum Gasteiger partial charge on any atom is 0.433 e. The molecule has 0 atom stereocenters. The summed E-state index contributed by atoms with van der Waals surface area (Å²) in [6.07, 6.45) is -3.49. The fourth-order valence-electron chi connectivity index (χ4n) is 2.56. The lowest BCUT2D eigenvalue weighted by molar-refractivity contribution is -0.141. The molecule has 9 heteroatoms. The second kappa shape index (κ2) is 5.83. The molecule has 3 rings (SSSR count). The van der Waals surface area contributed by atoms with Crippen LogP contribution in [0.15, 0.2) is 41.4 Å². The number of hydrogen-bond donors (Lipinski definition) is 0. The molecule has 0 spiro atoms. The van der Waals surface area contributed by atoms with Gasteiger partial charge in [0.2, 0.25) is 0 Å². The summed E-state index contributed by atoms with van der Waals surface area (Å²) in [6.45, 7) is 1.53. The molecule has 5 nitrogen and oxygen atoms in total. The molecule has 1 aromatic carbocycles. The molecule has 2 aromatic heterocycles. The molecule has 0 aliphatic carbocycles. The predicted molar refractivity (Wildman–Crippen MR) is 86.7 cm³/mol. The Balaban J connectivity index is 2.26. The van der Waals surface area contributed by atoms with Crippen LogP contribution in [0.25, 0.3) is 22.4 Å². The number of pyridine rings is 1. The summed E-state index contributed by atoms with van der Waals surface area (Å²) in [6, 6.07) is 7.16. The zero-order chi connectivity index (χ0) is 18.4. The van der Waals surface area contributed by atoms with E-state index in [1.807, 2.05) is 0 Å². The number of halogens is 3. The summed E-state index contributed by atoms with van der Waals surface area (Å²) in [5, 5.41) is 0. The van der Waals surface area contributed by atoms with Crippen LogP contribution in [0.3, 0.4) is 0 Å². The molecule has 0 amide bonds. The van der Waals surface area contributed by atoms with E-state index in [2.05, 4.69) is 9.97 Å². The number of hydrogen-bond acceptors (Lipinski definition) is 4. The molecule has 0 fully saturated rings. The summed E-state index contributed by atoms with van der Waals surface area (Å²) < 4.78 is 64.7. The van der Waals surface area contributed by atoms with Gasteiger partial charge in [0.15, 0.2) is 9.84 Å². The van der Waals surface area contributed by atoms with Crippen molar-refractivity contribution in [1.29, 1.82) is 0 Å². The van der Waals surface area contributed by atoms with E-state index in [9.17, 15) is 21.6 Å². The van der Waals surface area contributed by atoms with E-state index in [0.717, 1.165) is 12.3 Å². The number of rotatable bonds is 3. The minimum atomic E-state index is -4.57. The number of nitrogens with zero attached hydrogens (tertiary/aromatic N) is 3. The largest absolute Gasteiger partial charge is 0.433 e. The van der Waals surface area contributed by atoms with Crippen LogP contribution < -0.4 is 0 Å². The minimum absolute atomic E-state index is 0.0896. The first-order valence-corrected chi connectivity index (χ1v) is 9.02. The fourth-order valence-corrected chi connectivity index (χ4v) is 3.65. The Kier molecular flexibility index (Phi) is 4.06. The van der Waals surface area contributed by atoms with Gasteiger partial charge < -0.3 is 4.57 Å². The number of imidazole rings is 1. The van der Waals surface area contributed by atoms with Gasteiger partial charge in [-0.3, -0.25) is 0 Å². The molecular formula is C16H14F3N3O2S. The quantitative estimate of drug-likeness (QED) is 0.709. The van der Waals surface area contributed by atoms with Crippen LogP contribution >= 0.6 is 0 Å². The number of aryl methyl sites for hydroxylation is 1. The lowest BCUT2D eigenvalue weighted by Crippen LogP contribution is -2.07. The van der Waals surface area contributed by atoms with Crippen molar-refractivity contribution in [2.24, 2.45) is 7.05 Å². The lowest BCUT2D eigenvalue weighted by Gasteiger charge is -2.09.